The van der Waals surface area contributed by atoms with E-state index in [4.69, 9.17) is 16.3 Å². The molecule has 2 aliphatic heterocycles. The second-order valence-electron chi connectivity index (χ2n) is 7.13. The van der Waals surface area contributed by atoms with Crippen molar-refractivity contribution in [3.05, 3.63) is 45.6 Å². The highest BCUT2D eigenvalue weighted by Crippen LogP contribution is 2.26. The van der Waals surface area contributed by atoms with Gasteiger partial charge in [0, 0.05) is 25.0 Å². The quantitative estimate of drug-likeness (QED) is 0.761. The fraction of sp³-hybridized carbons (Fsp3) is 0.350. The number of carbonyl (C=O) groups excluding carboxylic acids is 2. The summed E-state index contributed by atoms with van der Waals surface area (Å²) in [6, 6.07) is 11.1. The minimum absolute atomic E-state index is 0.227. The number of likely N-dealkylation sites (N-methyl/N-ethyl adjacent to an activating group) is 1. The Balaban J connectivity index is 1.36. The zero-order valence-electron chi connectivity index (χ0n) is 16.7. The molecule has 1 N–H and O–H groups in total. The van der Waals surface area contributed by atoms with E-state index in [0.29, 0.717) is 15.8 Å². The summed E-state index contributed by atoms with van der Waals surface area (Å²) >= 11 is 7.07. The zero-order chi connectivity index (χ0) is 21.3. The summed E-state index contributed by atoms with van der Waals surface area (Å²) in [6.07, 6.45) is -0.831. The average Bonchev–Trinajstić information content (AvgIpc) is 3.32. The minimum atomic E-state index is -0.418. The van der Waals surface area contributed by atoms with Crippen molar-refractivity contribution in [1.82, 2.24) is 10.3 Å². The number of hydrazone groups is 1. The number of amidine groups is 1. The Morgan fingerprint density at radius 2 is 1.90 bits per heavy atom. The number of cyclic esters (lactones) is 1. The van der Waals surface area contributed by atoms with Gasteiger partial charge in [-0.15, -0.1) is 11.3 Å². The summed E-state index contributed by atoms with van der Waals surface area (Å²) in [5, 5.41) is 9.19. The van der Waals surface area contributed by atoms with Crippen molar-refractivity contribution >= 4 is 52.1 Å². The Bertz CT molecular complexity index is 977. The fourth-order valence-electron chi connectivity index (χ4n) is 3.45. The number of nitrogens with one attached hydrogen (secondary N) is 1. The first-order valence-corrected chi connectivity index (χ1v) is 10.8. The van der Waals surface area contributed by atoms with E-state index < -0.39 is 12.2 Å². The molecule has 0 radical (unpaired) electrons. The highest BCUT2D eigenvalue weighted by atomic mass is 35.5. The SMILES string of the molecule is CC1=NN(C)CCN1c1ccc(N2CC(CNC(=O)c3ccc(Cl)s3)OC2=O)cc1. The predicted octanol–water partition coefficient (Wildman–Crippen LogP) is 3.24. The van der Waals surface area contributed by atoms with Crippen LogP contribution in [0.5, 0.6) is 0 Å². The topological polar surface area (TPSA) is 77.5 Å². The van der Waals surface area contributed by atoms with Crippen LogP contribution >= 0.6 is 22.9 Å². The minimum Gasteiger partial charge on any atom is -0.442 e. The number of thiophene rings is 1. The smallest absolute Gasteiger partial charge is 0.414 e. The van der Waals surface area contributed by atoms with Gasteiger partial charge < -0.3 is 15.0 Å². The molecule has 1 aromatic carbocycles. The largest absolute Gasteiger partial charge is 0.442 e. The molecule has 30 heavy (non-hydrogen) atoms. The van der Waals surface area contributed by atoms with Gasteiger partial charge >= 0.3 is 6.09 Å². The number of halogens is 1. The van der Waals surface area contributed by atoms with Crippen LogP contribution < -0.4 is 15.1 Å². The van der Waals surface area contributed by atoms with Crippen LogP contribution in [0.2, 0.25) is 4.34 Å². The Hall–Kier alpha value is -2.78. The van der Waals surface area contributed by atoms with Crippen LogP contribution in [-0.2, 0) is 4.74 Å². The number of amides is 2. The molecule has 2 amide bonds. The van der Waals surface area contributed by atoms with Gasteiger partial charge in [-0.3, -0.25) is 14.7 Å². The highest BCUT2D eigenvalue weighted by Gasteiger charge is 2.32. The van der Waals surface area contributed by atoms with E-state index in [1.165, 1.54) is 11.3 Å². The molecule has 2 aliphatic rings. The number of rotatable bonds is 5. The van der Waals surface area contributed by atoms with Gasteiger partial charge in [0.05, 0.1) is 28.8 Å². The third-order valence-corrected chi connectivity index (χ3v) is 6.22. The third-order valence-electron chi connectivity index (χ3n) is 4.99. The zero-order valence-corrected chi connectivity index (χ0v) is 18.2. The number of ether oxygens (including phenoxy) is 1. The summed E-state index contributed by atoms with van der Waals surface area (Å²) in [5.74, 6) is 0.704. The van der Waals surface area contributed by atoms with Crippen LogP contribution in [-0.4, -0.2) is 62.2 Å². The summed E-state index contributed by atoms with van der Waals surface area (Å²) in [4.78, 5) is 28.7. The second kappa shape index (κ2) is 8.53. The van der Waals surface area contributed by atoms with Crippen molar-refractivity contribution in [1.29, 1.82) is 0 Å². The molecule has 8 nitrogen and oxygen atoms in total. The molecule has 1 saturated heterocycles. The van der Waals surface area contributed by atoms with E-state index in [-0.39, 0.29) is 12.5 Å². The van der Waals surface area contributed by atoms with Gasteiger partial charge in [0.1, 0.15) is 11.9 Å². The van der Waals surface area contributed by atoms with Crippen molar-refractivity contribution in [2.24, 2.45) is 5.10 Å². The molecule has 0 aliphatic carbocycles. The molecule has 3 heterocycles. The highest BCUT2D eigenvalue weighted by molar-refractivity contribution is 7.18. The molecule has 1 aromatic heterocycles. The number of nitrogens with zero attached hydrogens (tertiary/aromatic N) is 4. The monoisotopic (exact) mass is 447 g/mol. The van der Waals surface area contributed by atoms with Crippen molar-refractivity contribution in [3.63, 3.8) is 0 Å². The lowest BCUT2D eigenvalue weighted by atomic mass is 10.2. The van der Waals surface area contributed by atoms with E-state index in [1.807, 2.05) is 43.2 Å². The third kappa shape index (κ3) is 4.36. The van der Waals surface area contributed by atoms with Crippen molar-refractivity contribution < 1.29 is 14.3 Å². The summed E-state index contributed by atoms with van der Waals surface area (Å²) in [6.45, 7) is 4.30. The summed E-state index contributed by atoms with van der Waals surface area (Å²) in [5.41, 5.74) is 1.78. The predicted molar refractivity (Wildman–Crippen MR) is 119 cm³/mol. The normalized spacial score (nSPS) is 19.0. The first-order chi connectivity index (χ1) is 14.4. The van der Waals surface area contributed by atoms with Crippen LogP contribution in [0.15, 0.2) is 41.5 Å². The molecule has 1 fully saturated rings. The molecular formula is C20H22ClN5O3S. The van der Waals surface area contributed by atoms with Crippen molar-refractivity contribution in [2.45, 2.75) is 13.0 Å². The lowest BCUT2D eigenvalue weighted by Crippen LogP contribution is -2.41. The molecule has 1 atom stereocenters. The Kier molecular flexibility index (Phi) is 5.83. The number of benzene rings is 1. The molecule has 0 saturated carbocycles. The molecule has 4 rings (SSSR count). The van der Waals surface area contributed by atoms with Crippen LogP contribution in [0.4, 0.5) is 16.2 Å². The van der Waals surface area contributed by atoms with Gasteiger partial charge in [-0.05, 0) is 43.3 Å². The van der Waals surface area contributed by atoms with Crippen molar-refractivity contribution in [3.8, 4) is 0 Å². The van der Waals surface area contributed by atoms with E-state index in [1.54, 1.807) is 17.0 Å². The molecule has 0 bridgehead atoms. The lowest BCUT2D eigenvalue weighted by molar-refractivity contribution is 0.0920. The Morgan fingerprint density at radius 1 is 1.20 bits per heavy atom. The number of anilines is 2. The maximum Gasteiger partial charge on any atom is 0.414 e. The summed E-state index contributed by atoms with van der Waals surface area (Å²) in [7, 11) is 1.96. The Labute approximate surface area is 183 Å². The first kappa shape index (κ1) is 20.5. The van der Waals surface area contributed by atoms with Gasteiger partial charge in [0.25, 0.3) is 5.91 Å². The maximum atomic E-state index is 12.3. The first-order valence-electron chi connectivity index (χ1n) is 9.56. The number of carbonyl (C=O) groups is 2. The molecular weight excluding hydrogens is 426 g/mol. The van der Waals surface area contributed by atoms with Gasteiger partial charge in [-0.1, -0.05) is 11.6 Å². The molecule has 1 unspecified atom stereocenters. The van der Waals surface area contributed by atoms with E-state index in [9.17, 15) is 9.59 Å². The van der Waals surface area contributed by atoms with Gasteiger partial charge in [0.2, 0.25) is 0 Å². The molecule has 10 heteroatoms. The maximum absolute atomic E-state index is 12.3. The fourth-order valence-corrected chi connectivity index (χ4v) is 4.41. The number of hydrogen-bond donors (Lipinski definition) is 1. The standard InChI is InChI=1S/C20H22ClN5O3S/c1-13-23-24(2)9-10-25(13)14-3-5-15(6-4-14)26-12-16(29-20(26)28)11-22-19(27)17-7-8-18(21)30-17/h3-8,16H,9-12H2,1-2H3,(H,22,27). The average molecular weight is 448 g/mol. The van der Waals surface area contributed by atoms with Crippen LogP contribution in [0, 0.1) is 0 Å². The van der Waals surface area contributed by atoms with E-state index in [2.05, 4.69) is 15.3 Å². The molecule has 2 aromatic rings. The lowest BCUT2D eigenvalue weighted by Gasteiger charge is -2.32. The van der Waals surface area contributed by atoms with E-state index >= 15 is 0 Å². The Morgan fingerprint density at radius 3 is 2.53 bits per heavy atom. The van der Waals surface area contributed by atoms with Crippen molar-refractivity contribution in [2.75, 3.05) is 43.0 Å². The molecule has 0 spiro atoms. The number of hydrogen-bond acceptors (Lipinski definition) is 7. The van der Waals surface area contributed by atoms with E-state index in [0.717, 1.165) is 30.3 Å². The van der Waals surface area contributed by atoms with Gasteiger partial charge in [-0.2, -0.15) is 5.10 Å². The van der Waals surface area contributed by atoms with Crippen LogP contribution in [0.3, 0.4) is 0 Å². The van der Waals surface area contributed by atoms with Gasteiger partial charge in [-0.25, -0.2) is 4.79 Å². The van der Waals surface area contributed by atoms with Crippen LogP contribution in [0.1, 0.15) is 16.6 Å². The van der Waals surface area contributed by atoms with Crippen LogP contribution in [0.25, 0.3) is 0 Å². The summed E-state index contributed by atoms with van der Waals surface area (Å²) < 4.78 is 5.97. The second-order valence-corrected chi connectivity index (χ2v) is 8.84. The van der Waals surface area contributed by atoms with Gasteiger partial charge in [0.15, 0.2) is 0 Å². The molecule has 158 valence electrons.